The summed E-state index contributed by atoms with van der Waals surface area (Å²) in [5.41, 5.74) is 2.77. The largest absolute Gasteiger partial charge is 0.360 e. The fourth-order valence-electron chi connectivity index (χ4n) is 1.37. The van der Waals surface area contributed by atoms with Crippen LogP contribution in [-0.2, 0) is 0 Å². The molecule has 5 heteroatoms. The number of nitrogens with zero attached hydrogens (tertiary/aromatic N) is 2. The van der Waals surface area contributed by atoms with Gasteiger partial charge >= 0.3 is 0 Å². The minimum Gasteiger partial charge on any atom is -0.360 e. The minimum absolute atomic E-state index is 0.106. The molecule has 5 nitrogen and oxygen atoms in total. The van der Waals surface area contributed by atoms with Crippen LogP contribution in [0.1, 0.15) is 18.1 Å². The molecule has 0 aliphatic rings. The Morgan fingerprint density at radius 1 is 1.47 bits per heavy atom. The predicted octanol–water partition coefficient (Wildman–Crippen LogP) is 3.05. The van der Waals surface area contributed by atoms with E-state index in [1.54, 1.807) is 33.0 Å². The highest BCUT2D eigenvalue weighted by Gasteiger charge is 2.12. The zero-order chi connectivity index (χ0) is 13.0. The molecule has 1 aromatic rings. The van der Waals surface area contributed by atoms with E-state index in [9.17, 15) is 10.1 Å². The quantitative estimate of drug-likeness (QED) is 0.492. The van der Waals surface area contributed by atoms with E-state index in [1.165, 1.54) is 6.07 Å². The summed E-state index contributed by atoms with van der Waals surface area (Å²) in [5.74, 6) is 0. The average molecular weight is 231 g/mol. The van der Waals surface area contributed by atoms with Crippen molar-refractivity contribution in [3.8, 4) is 6.07 Å². The first-order chi connectivity index (χ1) is 7.95. The van der Waals surface area contributed by atoms with Crippen LogP contribution < -0.4 is 5.32 Å². The number of aryl methyl sites for hydroxylation is 2. The Kier molecular flexibility index (Phi) is 3.83. The number of hydrogen-bond donors (Lipinski definition) is 1. The third-order valence-corrected chi connectivity index (χ3v) is 2.36. The van der Waals surface area contributed by atoms with Gasteiger partial charge in [-0.05, 0) is 32.4 Å². The summed E-state index contributed by atoms with van der Waals surface area (Å²) in [6.07, 6.45) is 1.58. The topological polar surface area (TPSA) is 79.0 Å². The molecule has 1 aromatic carbocycles. The van der Waals surface area contributed by atoms with Crippen LogP contribution in [0.2, 0.25) is 0 Å². The van der Waals surface area contributed by atoms with E-state index in [2.05, 4.69) is 5.32 Å². The molecule has 0 aliphatic heterocycles. The van der Waals surface area contributed by atoms with Crippen molar-refractivity contribution in [1.82, 2.24) is 0 Å². The SMILES string of the molecule is CC(C#N)=CNc1cc(C)c([N+](=O)[O-])cc1C. The molecule has 0 saturated carbocycles. The van der Waals surface area contributed by atoms with Gasteiger partial charge in [0.2, 0.25) is 0 Å². The van der Waals surface area contributed by atoms with Crippen LogP contribution in [0.3, 0.4) is 0 Å². The highest BCUT2D eigenvalue weighted by atomic mass is 16.6. The standard InChI is InChI=1S/C12H13N3O2/c1-8(6-13)7-14-11-4-10(3)12(15(16)17)5-9(11)2/h4-5,7,14H,1-3H3. The third-order valence-electron chi connectivity index (χ3n) is 2.36. The molecule has 0 aliphatic carbocycles. The Hall–Kier alpha value is -2.35. The van der Waals surface area contributed by atoms with Gasteiger partial charge in [0.1, 0.15) is 0 Å². The number of nitrogens with one attached hydrogen (secondary N) is 1. The lowest BCUT2D eigenvalue weighted by atomic mass is 10.1. The predicted molar refractivity (Wildman–Crippen MR) is 65.6 cm³/mol. The van der Waals surface area contributed by atoms with Gasteiger partial charge < -0.3 is 5.32 Å². The van der Waals surface area contributed by atoms with Crippen LogP contribution in [0, 0.1) is 35.3 Å². The maximum atomic E-state index is 10.7. The zero-order valence-corrected chi connectivity index (χ0v) is 9.94. The zero-order valence-electron chi connectivity index (χ0n) is 9.94. The summed E-state index contributed by atoms with van der Waals surface area (Å²) < 4.78 is 0. The van der Waals surface area contributed by atoms with Gasteiger partial charge in [-0.2, -0.15) is 5.26 Å². The van der Waals surface area contributed by atoms with Crippen molar-refractivity contribution in [1.29, 1.82) is 5.26 Å². The number of nitro benzene ring substituents is 1. The molecule has 0 bridgehead atoms. The Labute approximate surface area is 99.5 Å². The number of benzene rings is 1. The van der Waals surface area contributed by atoms with Crippen LogP contribution in [0.5, 0.6) is 0 Å². The van der Waals surface area contributed by atoms with Gasteiger partial charge in [0, 0.05) is 29.1 Å². The first-order valence-electron chi connectivity index (χ1n) is 5.04. The monoisotopic (exact) mass is 231 g/mol. The molecule has 1 N–H and O–H groups in total. The molecule has 0 radical (unpaired) electrons. The van der Waals surface area contributed by atoms with E-state index in [0.717, 1.165) is 11.3 Å². The molecular formula is C12H13N3O2. The van der Waals surface area contributed by atoms with Gasteiger partial charge in [-0.1, -0.05) is 0 Å². The highest BCUT2D eigenvalue weighted by Crippen LogP contribution is 2.25. The van der Waals surface area contributed by atoms with E-state index in [-0.39, 0.29) is 5.69 Å². The van der Waals surface area contributed by atoms with Crippen LogP contribution in [0.25, 0.3) is 0 Å². The molecule has 0 aromatic heterocycles. The first-order valence-corrected chi connectivity index (χ1v) is 5.04. The summed E-state index contributed by atoms with van der Waals surface area (Å²) in [4.78, 5) is 10.3. The fourth-order valence-corrected chi connectivity index (χ4v) is 1.37. The molecule has 0 spiro atoms. The van der Waals surface area contributed by atoms with Crippen molar-refractivity contribution in [3.05, 3.63) is 45.1 Å². The molecule has 17 heavy (non-hydrogen) atoms. The number of nitriles is 1. The summed E-state index contributed by atoms with van der Waals surface area (Å²) in [7, 11) is 0. The third kappa shape index (κ3) is 3.05. The highest BCUT2D eigenvalue weighted by molar-refractivity contribution is 5.60. The lowest BCUT2D eigenvalue weighted by molar-refractivity contribution is -0.385. The first kappa shape index (κ1) is 12.7. The number of anilines is 1. The minimum atomic E-state index is -0.400. The van der Waals surface area contributed by atoms with E-state index in [1.807, 2.05) is 6.07 Å². The number of allylic oxidation sites excluding steroid dienone is 1. The smallest absolute Gasteiger partial charge is 0.272 e. The Balaban J connectivity index is 3.09. The Morgan fingerprint density at radius 3 is 2.65 bits per heavy atom. The number of hydrogen-bond acceptors (Lipinski definition) is 4. The molecule has 1 rings (SSSR count). The molecular weight excluding hydrogens is 218 g/mol. The van der Waals surface area contributed by atoms with Crippen LogP contribution >= 0.6 is 0 Å². The van der Waals surface area contributed by atoms with Crippen molar-refractivity contribution in [2.75, 3.05) is 5.32 Å². The van der Waals surface area contributed by atoms with Crippen molar-refractivity contribution in [2.24, 2.45) is 0 Å². The molecule has 0 amide bonds. The molecule has 0 unspecified atom stereocenters. The van der Waals surface area contributed by atoms with Gasteiger partial charge in [0.05, 0.1) is 11.0 Å². The Bertz CT molecular complexity index is 527. The summed E-state index contributed by atoms with van der Waals surface area (Å²) in [6, 6.07) is 5.21. The second-order valence-electron chi connectivity index (χ2n) is 3.79. The maximum Gasteiger partial charge on any atom is 0.272 e. The van der Waals surface area contributed by atoms with E-state index in [0.29, 0.717) is 11.1 Å². The van der Waals surface area contributed by atoms with Gasteiger partial charge in [-0.15, -0.1) is 0 Å². The second kappa shape index (κ2) is 5.12. The lowest BCUT2D eigenvalue weighted by Gasteiger charge is -2.07. The van der Waals surface area contributed by atoms with Crippen LogP contribution in [-0.4, -0.2) is 4.92 Å². The van der Waals surface area contributed by atoms with Crippen LogP contribution in [0.4, 0.5) is 11.4 Å². The summed E-state index contributed by atoms with van der Waals surface area (Å²) >= 11 is 0. The lowest BCUT2D eigenvalue weighted by Crippen LogP contribution is -1.97. The normalized spacial score (nSPS) is 10.8. The van der Waals surface area contributed by atoms with Gasteiger partial charge in [0.25, 0.3) is 5.69 Å². The molecule has 0 heterocycles. The fraction of sp³-hybridized carbons (Fsp3) is 0.250. The van der Waals surface area contributed by atoms with Gasteiger partial charge in [-0.3, -0.25) is 10.1 Å². The van der Waals surface area contributed by atoms with Crippen molar-refractivity contribution < 1.29 is 4.92 Å². The van der Waals surface area contributed by atoms with Crippen molar-refractivity contribution >= 4 is 11.4 Å². The molecule has 0 saturated heterocycles. The second-order valence-corrected chi connectivity index (χ2v) is 3.79. The van der Waals surface area contributed by atoms with E-state index in [4.69, 9.17) is 5.26 Å². The number of nitro groups is 1. The maximum absolute atomic E-state index is 10.7. The summed E-state index contributed by atoms with van der Waals surface area (Å²) in [5, 5.41) is 22.3. The number of rotatable bonds is 3. The molecule has 0 fully saturated rings. The Morgan fingerprint density at radius 2 is 2.12 bits per heavy atom. The van der Waals surface area contributed by atoms with Gasteiger partial charge in [-0.25, -0.2) is 0 Å². The van der Waals surface area contributed by atoms with Crippen molar-refractivity contribution in [3.63, 3.8) is 0 Å². The van der Waals surface area contributed by atoms with Crippen molar-refractivity contribution in [2.45, 2.75) is 20.8 Å². The average Bonchev–Trinajstić information content (AvgIpc) is 2.28. The summed E-state index contributed by atoms with van der Waals surface area (Å²) in [6.45, 7) is 5.15. The van der Waals surface area contributed by atoms with E-state index >= 15 is 0 Å². The van der Waals surface area contributed by atoms with Crippen LogP contribution in [0.15, 0.2) is 23.9 Å². The molecule has 88 valence electrons. The van der Waals surface area contributed by atoms with Gasteiger partial charge in [0.15, 0.2) is 0 Å². The molecule has 0 atom stereocenters. The van der Waals surface area contributed by atoms with E-state index < -0.39 is 4.92 Å².